The highest BCUT2D eigenvalue weighted by Crippen LogP contribution is 2.09. The smallest absolute Gasteiger partial charge is 0.356 e. The van der Waals surface area contributed by atoms with Crippen LogP contribution >= 0.6 is 0 Å². The lowest BCUT2D eigenvalue weighted by molar-refractivity contribution is -0.598. The molecule has 0 aliphatic heterocycles. The first-order valence-corrected chi connectivity index (χ1v) is 7.90. The van der Waals surface area contributed by atoms with Crippen molar-refractivity contribution in [1.29, 1.82) is 0 Å². The highest BCUT2D eigenvalue weighted by atomic mass is 127. The first kappa shape index (κ1) is 18.2. The molecular weight excluding hydrogens is 425 g/mol. The SMILES string of the molecule is O=[N+]([O-])[O-].O=[N+]([O-])c1cccc([I+]c2cccc([N+](=O)[O-])c2)c1. The van der Waals surface area contributed by atoms with Crippen molar-refractivity contribution in [1.82, 2.24) is 0 Å². The summed E-state index contributed by atoms with van der Waals surface area (Å²) in [6.45, 7) is 0. The molecule has 0 aliphatic rings. The van der Waals surface area contributed by atoms with E-state index in [1.807, 2.05) is 0 Å². The second-order valence-electron chi connectivity index (χ2n) is 3.79. The van der Waals surface area contributed by atoms with E-state index in [4.69, 9.17) is 15.3 Å². The van der Waals surface area contributed by atoms with Crippen molar-refractivity contribution in [2.75, 3.05) is 0 Å². The number of hydrogen-bond acceptors (Lipinski definition) is 7. The number of non-ortho nitro benzene ring substituents is 2. The summed E-state index contributed by atoms with van der Waals surface area (Å²) in [6, 6.07) is 12.8. The fourth-order valence-corrected chi connectivity index (χ4v) is 3.87. The van der Waals surface area contributed by atoms with Crippen LogP contribution < -0.4 is 21.2 Å². The van der Waals surface area contributed by atoms with Crippen molar-refractivity contribution >= 4 is 11.4 Å². The Morgan fingerprint density at radius 1 is 0.696 bits per heavy atom. The Morgan fingerprint density at radius 2 is 1.04 bits per heavy atom. The van der Waals surface area contributed by atoms with E-state index >= 15 is 0 Å². The van der Waals surface area contributed by atoms with Gasteiger partial charge >= 0.3 is 21.2 Å². The minimum Gasteiger partial charge on any atom is -0.356 e. The second kappa shape index (κ2) is 8.57. The highest BCUT2D eigenvalue weighted by Gasteiger charge is 2.21. The molecule has 0 fully saturated rings. The van der Waals surface area contributed by atoms with E-state index in [1.165, 1.54) is 24.3 Å². The lowest BCUT2D eigenvalue weighted by Gasteiger charge is -1.91. The van der Waals surface area contributed by atoms with E-state index < -0.39 is 36.1 Å². The van der Waals surface area contributed by atoms with Gasteiger partial charge in [0, 0.05) is 12.1 Å². The van der Waals surface area contributed by atoms with E-state index in [0.29, 0.717) is 0 Å². The molecule has 0 spiro atoms. The molecule has 0 saturated heterocycles. The van der Waals surface area contributed by atoms with E-state index in [-0.39, 0.29) is 11.4 Å². The molecule has 0 amide bonds. The normalized spacial score (nSPS) is 9.39. The van der Waals surface area contributed by atoms with Gasteiger partial charge in [-0.3, -0.25) is 20.2 Å². The Morgan fingerprint density at radius 3 is 1.35 bits per heavy atom. The fourth-order valence-electron chi connectivity index (χ4n) is 1.42. The number of rotatable bonds is 4. The Labute approximate surface area is 139 Å². The highest BCUT2D eigenvalue weighted by molar-refractivity contribution is 5.29. The maximum absolute atomic E-state index is 10.7. The van der Waals surface area contributed by atoms with Crippen molar-refractivity contribution in [3.05, 3.63) is 91.2 Å². The number of benzene rings is 2. The van der Waals surface area contributed by atoms with Gasteiger partial charge in [-0.15, -0.1) is 0 Å². The molecule has 2 aromatic rings. The van der Waals surface area contributed by atoms with Crippen LogP contribution in [-0.2, 0) is 0 Å². The molecule has 0 N–H and O–H groups in total. The summed E-state index contributed by atoms with van der Waals surface area (Å²) in [4.78, 5) is 28.7. The minimum atomic E-state index is -1.75. The number of nitro groups is 2. The zero-order valence-corrected chi connectivity index (χ0v) is 13.4. The lowest BCUT2D eigenvalue weighted by atomic mass is 10.3. The van der Waals surface area contributed by atoms with Crippen LogP contribution in [0.4, 0.5) is 11.4 Å². The van der Waals surface area contributed by atoms with Crippen molar-refractivity contribution in [2.24, 2.45) is 0 Å². The Bertz CT molecular complexity index is 679. The van der Waals surface area contributed by atoms with Crippen LogP contribution in [0.1, 0.15) is 0 Å². The van der Waals surface area contributed by atoms with Crippen LogP contribution in [0.25, 0.3) is 0 Å². The van der Waals surface area contributed by atoms with Gasteiger partial charge in [0.25, 0.3) is 11.4 Å². The Kier molecular flexibility index (Phi) is 6.79. The van der Waals surface area contributed by atoms with Crippen LogP contribution in [0.3, 0.4) is 0 Å². The van der Waals surface area contributed by atoms with E-state index in [2.05, 4.69) is 0 Å². The summed E-state index contributed by atoms with van der Waals surface area (Å²) in [6.07, 6.45) is 0. The van der Waals surface area contributed by atoms with Gasteiger partial charge in [0.2, 0.25) is 7.14 Å². The minimum absolute atomic E-state index is 0.0441. The molecule has 0 unspecified atom stereocenters. The van der Waals surface area contributed by atoms with Gasteiger partial charge < -0.3 is 15.3 Å². The average molecular weight is 433 g/mol. The quantitative estimate of drug-likeness (QED) is 0.354. The predicted molar refractivity (Wildman–Crippen MR) is 73.9 cm³/mol. The van der Waals surface area contributed by atoms with Crippen molar-refractivity contribution in [2.45, 2.75) is 0 Å². The lowest BCUT2D eigenvalue weighted by Crippen LogP contribution is -3.61. The van der Waals surface area contributed by atoms with E-state index in [1.54, 1.807) is 24.3 Å². The number of halogens is 1. The van der Waals surface area contributed by atoms with Gasteiger partial charge in [-0.05, 0) is 12.1 Å². The van der Waals surface area contributed by atoms with Crippen molar-refractivity contribution in [3.8, 4) is 0 Å². The molecule has 2 aromatic carbocycles. The van der Waals surface area contributed by atoms with Crippen molar-refractivity contribution in [3.63, 3.8) is 0 Å². The molecule has 2 rings (SSSR count). The summed E-state index contributed by atoms with van der Waals surface area (Å²) < 4.78 is 1.71. The van der Waals surface area contributed by atoms with Crippen molar-refractivity contribution < 1.29 is 36.1 Å². The molecule has 0 aliphatic carbocycles. The van der Waals surface area contributed by atoms with Gasteiger partial charge in [0.1, 0.15) is 0 Å². The molecule has 11 heteroatoms. The van der Waals surface area contributed by atoms with Crippen LogP contribution in [0, 0.1) is 42.7 Å². The monoisotopic (exact) mass is 433 g/mol. The zero-order valence-electron chi connectivity index (χ0n) is 11.2. The largest absolute Gasteiger partial charge is 0.358 e. The van der Waals surface area contributed by atoms with Crippen LogP contribution in [0.5, 0.6) is 0 Å². The predicted octanol–water partition coefficient (Wildman–Crippen LogP) is -0.608. The van der Waals surface area contributed by atoms with Crippen LogP contribution in [0.2, 0.25) is 0 Å². The number of nitrogens with zero attached hydrogens (tertiary/aromatic N) is 3. The topological polar surface area (TPSA) is 152 Å². The van der Waals surface area contributed by atoms with Gasteiger partial charge in [0.15, 0.2) is 0 Å². The molecule has 0 heterocycles. The number of hydrogen-bond donors (Lipinski definition) is 0. The van der Waals surface area contributed by atoms with E-state index in [9.17, 15) is 20.2 Å². The maximum Gasteiger partial charge on any atom is 0.358 e. The zero-order chi connectivity index (χ0) is 17.4. The summed E-state index contributed by atoms with van der Waals surface area (Å²) in [5, 5.41) is 36.1. The standard InChI is InChI=1S/C12H8IN2O4.NO3/c16-14(17)11-5-1-3-9(7-11)13-10-4-2-6-12(8-10)15(18)19;2-1(3)4/h1-8H;/q+1;-1. The second-order valence-corrected chi connectivity index (χ2v) is 6.82. The molecule has 0 saturated carbocycles. The first-order chi connectivity index (χ1) is 10.8. The van der Waals surface area contributed by atoms with Gasteiger partial charge in [-0.1, -0.05) is 12.1 Å². The Hall–Kier alpha value is -2.83. The molecule has 23 heavy (non-hydrogen) atoms. The Balaban J connectivity index is 0.000000593. The van der Waals surface area contributed by atoms with Gasteiger partial charge in [-0.2, -0.15) is 0 Å². The van der Waals surface area contributed by atoms with Gasteiger partial charge in [-0.25, -0.2) is 0 Å². The van der Waals surface area contributed by atoms with Gasteiger partial charge in [0.05, 0.1) is 27.1 Å². The van der Waals surface area contributed by atoms with Crippen LogP contribution in [0.15, 0.2) is 48.5 Å². The van der Waals surface area contributed by atoms with Crippen LogP contribution in [-0.4, -0.2) is 14.9 Å². The molecular formula is C12H8IN3O7. The summed E-state index contributed by atoms with van der Waals surface area (Å²) in [7, 11) is 0. The first-order valence-electron chi connectivity index (χ1n) is 5.75. The summed E-state index contributed by atoms with van der Waals surface area (Å²) in [5.41, 5.74) is 0.0882. The molecule has 0 bridgehead atoms. The fraction of sp³-hybridized carbons (Fsp3) is 0. The third-order valence-corrected chi connectivity index (χ3v) is 4.84. The number of nitro benzene ring substituents is 2. The maximum atomic E-state index is 10.7. The molecule has 0 aromatic heterocycles. The third kappa shape index (κ3) is 6.64. The van der Waals surface area contributed by atoms with E-state index in [0.717, 1.165) is 7.14 Å². The molecule has 0 atom stereocenters. The average Bonchev–Trinajstić information content (AvgIpc) is 2.47. The summed E-state index contributed by atoms with van der Waals surface area (Å²) >= 11 is -0.665. The molecule has 10 nitrogen and oxygen atoms in total. The molecule has 0 radical (unpaired) electrons. The third-order valence-electron chi connectivity index (χ3n) is 2.26. The summed E-state index contributed by atoms with van der Waals surface area (Å²) in [5.74, 6) is 0. The molecule has 120 valence electrons.